The van der Waals surface area contributed by atoms with Crippen LogP contribution in [0.15, 0.2) is 59.3 Å². The van der Waals surface area contributed by atoms with Crippen LogP contribution in [-0.2, 0) is 9.63 Å². The molecule has 0 saturated heterocycles. The van der Waals surface area contributed by atoms with Gasteiger partial charge in [-0.3, -0.25) is 0 Å². The summed E-state index contributed by atoms with van der Waals surface area (Å²) < 4.78 is 13.7. The second-order valence-corrected chi connectivity index (χ2v) is 4.77. The molecule has 0 amide bonds. The van der Waals surface area contributed by atoms with Crippen LogP contribution in [0.25, 0.3) is 6.08 Å². The Morgan fingerprint density at radius 3 is 2.71 bits per heavy atom. The average Bonchev–Trinajstić information content (AvgIpc) is 2.83. The molecule has 0 atom stereocenters. The molecule has 2 aromatic rings. The van der Waals surface area contributed by atoms with E-state index in [1.807, 2.05) is 31.2 Å². The van der Waals surface area contributed by atoms with Gasteiger partial charge in [0.15, 0.2) is 0 Å². The Kier molecular flexibility index (Phi) is 3.36. The minimum atomic E-state index is -0.574. The summed E-state index contributed by atoms with van der Waals surface area (Å²) in [4.78, 5) is 16.6. The molecule has 0 bridgehead atoms. The van der Waals surface area contributed by atoms with Crippen LogP contribution in [0.1, 0.15) is 16.7 Å². The first-order valence-corrected chi connectivity index (χ1v) is 6.48. The van der Waals surface area contributed by atoms with Gasteiger partial charge in [0, 0.05) is 11.1 Å². The van der Waals surface area contributed by atoms with Gasteiger partial charge in [-0.05, 0) is 25.1 Å². The molecule has 1 heterocycles. The molecule has 0 unspecified atom stereocenters. The fraction of sp³-hybridized carbons (Fsp3) is 0.0588. The van der Waals surface area contributed by atoms with Crippen molar-refractivity contribution >= 4 is 17.8 Å². The lowest BCUT2D eigenvalue weighted by Gasteiger charge is -2.02. The van der Waals surface area contributed by atoms with Crippen LogP contribution in [-0.4, -0.2) is 11.7 Å². The number of carbonyl (C=O) groups is 1. The second-order valence-electron chi connectivity index (χ2n) is 4.77. The predicted molar refractivity (Wildman–Crippen MR) is 78.2 cm³/mol. The molecule has 0 aromatic heterocycles. The van der Waals surface area contributed by atoms with E-state index in [2.05, 4.69) is 5.16 Å². The van der Waals surface area contributed by atoms with Gasteiger partial charge in [0.1, 0.15) is 11.5 Å². The summed E-state index contributed by atoms with van der Waals surface area (Å²) >= 11 is 0. The van der Waals surface area contributed by atoms with Gasteiger partial charge in [0.05, 0.1) is 5.57 Å². The molecular formula is C17H12FNO2. The number of aryl methyl sites for hydroxylation is 1. The lowest BCUT2D eigenvalue weighted by Crippen LogP contribution is -2.07. The third-order valence-corrected chi connectivity index (χ3v) is 3.19. The van der Waals surface area contributed by atoms with Gasteiger partial charge in [-0.25, -0.2) is 9.18 Å². The molecular weight excluding hydrogens is 269 g/mol. The van der Waals surface area contributed by atoms with Gasteiger partial charge in [0.2, 0.25) is 0 Å². The summed E-state index contributed by atoms with van der Waals surface area (Å²) in [7, 11) is 0. The number of oxime groups is 1. The average molecular weight is 281 g/mol. The highest BCUT2D eigenvalue weighted by atomic mass is 19.1. The Hall–Kier alpha value is -2.75. The van der Waals surface area contributed by atoms with Crippen molar-refractivity contribution in [1.29, 1.82) is 0 Å². The number of hydrogen-bond donors (Lipinski definition) is 0. The van der Waals surface area contributed by atoms with E-state index in [1.54, 1.807) is 18.2 Å². The molecule has 0 N–H and O–H groups in total. The normalized spacial score (nSPS) is 16.0. The lowest BCUT2D eigenvalue weighted by atomic mass is 9.99. The highest BCUT2D eigenvalue weighted by Gasteiger charge is 2.27. The van der Waals surface area contributed by atoms with E-state index in [-0.39, 0.29) is 5.57 Å². The zero-order chi connectivity index (χ0) is 14.8. The number of benzene rings is 2. The van der Waals surface area contributed by atoms with Crippen LogP contribution >= 0.6 is 0 Å². The SMILES string of the molecule is Cc1cccc(C2=NOC(=O)/C2=C\c2ccccc2F)c1. The van der Waals surface area contributed by atoms with E-state index in [1.165, 1.54) is 12.1 Å². The van der Waals surface area contributed by atoms with Crippen molar-refractivity contribution in [3.8, 4) is 0 Å². The van der Waals surface area contributed by atoms with E-state index in [0.717, 1.165) is 11.1 Å². The van der Waals surface area contributed by atoms with Crippen LogP contribution in [0.2, 0.25) is 0 Å². The van der Waals surface area contributed by atoms with Crippen molar-refractivity contribution in [3.05, 3.63) is 76.6 Å². The third kappa shape index (κ3) is 2.60. The summed E-state index contributed by atoms with van der Waals surface area (Å²) in [6.07, 6.45) is 1.46. The fourth-order valence-electron chi connectivity index (χ4n) is 2.16. The second kappa shape index (κ2) is 5.32. The molecule has 2 aromatic carbocycles. The Labute approximate surface area is 121 Å². The van der Waals surface area contributed by atoms with Crippen LogP contribution in [0.4, 0.5) is 4.39 Å². The summed E-state index contributed by atoms with van der Waals surface area (Å²) in [6.45, 7) is 1.95. The molecule has 1 aliphatic rings. The van der Waals surface area contributed by atoms with Gasteiger partial charge in [0.25, 0.3) is 0 Å². The maximum absolute atomic E-state index is 13.7. The van der Waals surface area contributed by atoms with E-state index < -0.39 is 11.8 Å². The van der Waals surface area contributed by atoms with Crippen molar-refractivity contribution in [2.45, 2.75) is 6.92 Å². The fourth-order valence-corrected chi connectivity index (χ4v) is 2.16. The summed E-state index contributed by atoms with van der Waals surface area (Å²) in [6, 6.07) is 13.8. The van der Waals surface area contributed by atoms with E-state index in [9.17, 15) is 9.18 Å². The van der Waals surface area contributed by atoms with Crippen molar-refractivity contribution < 1.29 is 14.0 Å². The summed E-state index contributed by atoms with van der Waals surface area (Å²) in [5, 5.41) is 3.81. The molecule has 1 aliphatic heterocycles. The van der Waals surface area contributed by atoms with E-state index in [0.29, 0.717) is 11.3 Å². The van der Waals surface area contributed by atoms with Crippen LogP contribution < -0.4 is 0 Å². The van der Waals surface area contributed by atoms with Gasteiger partial charge < -0.3 is 4.84 Å². The number of carbonyl (C=O) groups excluding carboxylic acids is 1. The van der Waals surface area contributed by atoms with Crippen LogP contribution in [0.3, 0.4) is 0 Å². The van der Waals surface area contributed by atoms with Gasteiger partial charge in [-0.1, -0.05) is 47.1 Å². The molecule has 3 nitrogen and oxygen atoms in total. The smallest absolute Gasteiger partial charge is 0.312 e. The van der Waals surface area contributed by atoms with Crippen molar-refractivity contribution in [2.24, 2.45) is 5.16 Å². The predicted octanol–water partition coefficient (Wildman–Crippen LogP) is 3.48. The van der Waals surface area contributed by atoms with E-state index in [4.69, 9.17) is 4.84 Å². The molecule has 104 valence electrons. The molecule has 0 radical (unpaired) electrons. The number of nitrogens with zero attached hydrogens (tertiary/aromatic N) is 1. The van der Waals surface area contributed by atoms with Gasteiger partial charge in [-0.2, -0.15) is 0 Å². The maximum atomic E-state index is 13.7. The molecule has 0 fully saturated rings. The zero-order valence-electron chi connectivity index (χ0n) is 11.3. The molecule has 0 aliphatic carbocycles. The molecule has 21 heavy (non-hydrogen) atoms. The van der Waals surface area contributed by atoms with Crippen LogP contribution in [0, 0.1) is 12.7 Å². The van der Waals surface area contributed by atoms with Crippen LogP contribution in [0.5, 0.6) is 0 Å². The molecule has 3 rings (SSSR count). The summed E-state index contributed by atoms with van der Waals surface area (Å²) in [5.41, 5.74) is 2.81. The highest BCUT2D eigenvalue weighted by molar-refractivity contribution is 6.31. The largest absolute Gasteiger partial charge is 0.368 e. The standard InChI is InChI=1S/C17H12FNO2/c1-11-5-4-7-13(9-11)16-14(17(20)21-19-16)10-12-6-2-3-8-15(12)18/h2-10H,1H3/b14-10-. The quantitative estimate of drug-likeness (QED) is 0.624. The lowest BCUT2D eigenvalue weighted by molar-refractivity contribution is -0.136. The zero-order valence-corrected chi connectivity index (χ0v) is 11.3. The number of halogens is 1. The summed E-state index contributed by atoms with van der Waals surface area (Å²) in [5.74, 6) is -0.969. The first-order valence-electron chi connectivity index (χ1n) is 6.48. The minimum absolute atomic E-state index is 0.255. The molecule has 0 saturated carbocycles. The minimum Gasteiger partial charge on any atom is -0.312 e. The topological polar surface area (TPSA) is 38.7 Å². The first-order chi connectivity index (χ1) is 10.1. The Morgan fingerprint density at radius 2 is 1.95 bits per heavy atom. The first kappa shape index (κ1) is 13.2. The van der Waals surface area contributed by atoms with Gasteiger partial charge in [-0.15, -0.1) is 0 Å². The van der Waals surface area contributed by atoms with E-state index >= 15 is 0 Å². The van der Waals surface area contributed by atoms with Gasteiger partial charge >= 0.3 is 5.97 Å². The number of hydrogen-bond acceptors (Lipinski definition) is 3. The molecule has 4 heteroatoms. The van der Waals surface area contributed by atoms with Crippen molar-refractivity contribution in [1.82, 2.24) is 0 Å². The maximum Gasteiger partial charge on any atom is 0.368 e. The number of rotatable bonds is 2. The Balaban J connectivity index is 2.06. The Morgan fingerprint density at radius 1 is 1.14 bits per heavy atom. The molecule has 0 spiro atoms. The highest BCUT2D eigenvalue weighted by Crippen LogP contribution is 2.22. The third-order valence-electron chi connectivity index (χ3n) is 3.19. The Bertz CT molecular complexity index is 778. The van der Waals surface area contributed by atoms with Crippen molar-refractivity contribution in [2.75, 3.05) is 0 Å². The van der Waals surface area contributed by atoms with Crippen molar-refractivity contribution in [3.63, 3.8) is 0 Å². The monoisotopic (exact) mass is 281 g/mol.